The van der Waals surface area contributed by atoms with Gasteiger partial charge in [-0.2, -0.15) is 11.8 Å². The first-order valence-corrected chi connectivity index (χ1v) is 32.7. The van der Waals surface area contributed by atoms with Crippen molar-refractivity contribution in [2.75, 3.05) is 50.5 Å². The lowest BCUT2D eigenvalue weighted by Gasteiger charge is -2.40. The van der Waals surface area contributed by atoms with E-state index in [2.05, 4.69) is 81.9 Å². The topological polar surface area (TPSA) is 179 Å². The summed E-state index contributed by atoms with van der Waals surface area (Å²) in [4.78, 5) is 84.5. The molecule has 2 aliphatic rings. The van der Waals surface area contributed by atoms with Crippen LogP contribution < -0.4 is 16.0 Å². The first-order valence-electron chi connectivity index (χ1n) is 31.4. The summed E-state index contributed by atoms with van der Waals surface area (Å²) >= 11 is 1.43. The zero-order valence-corrected chi connectivity index (χ0v) is 54.9. The third-order valence-electron chi connectivity index (χ3n) is 18.3. The molecule has 0 spiro atoms. The van der Waals surface area contributed by atoms with Crippen molar-refractivity contribution in [3.8, 4) is 0 Å². The second-order valence-corrected chi connectivity index (χ2v) is 25.9. The summed E-state index contributed by atoms with van der Waals surface area (Å²) in [6, 6.07) is 14.6. The standard InChI is InChI=1S/C70H106N4O10S/c1-18-45(6)65(62(81-15)40-61(76)56-32-27-33-57(56)68(82-16)51(12)60(75)38-46(7)48(9)54-28-23-22-24-29-54)50(11)49(10)64(43(2)3)52(13)67(78)66(44(4)5)74(14)70(80)83-41-53-34-35-58(73-69(79)84-55-30-25-20-19-21-26-31-55)59(39-53)72-47(8)36-37-71-63(77)42-85-17/h22-25,28-30,34-35,39,43-46,48,50-51,55-57,62,64-66,68,72H,8,10,13,18-21,26-27,31-33,36-38,40-42H2,1-7,9,11-12,14-17H3,(H,71,77)(H,73,79)/b30-25+/t45-,46-,48+,50?,51?,55?,56?,57?,62?,64?,65?,66-,68?/m0/s1. The van der Waals surface area contributed by atoms with Crippen LogP contribution in [0.1, 0.15) is 163 Å². The summed E-state index contributed by atoms with van der Waals surface area (Å²) in [6.45, 7) is 34.1. The van der Waals surface area contributed by atoms with Crippen LogP contribution in [0.5, 0.6) is 0 Å². The van der Waals surface area contributed by atoms with Crippen LogP contribution in [0.2, 0.25) is 0 Å². The minimum atomic E-state index is -0.921. The van der Waals surface area contributed by atoms with Gasteiger partial charge in [0, 0.05) is 70.5 Å². The average molecular weight is 1200 g/mol. The van der Waals surface area contributed by atoms with Gasteiger partial charge in [0.1, 0.15) is 30.3 Å². The van der Waals surface area contributed by atoms with E-state index in [0.717, 1.165) is 63.4 Å². The van der Waals surface area contributed by atoms with Gasteiger partial charge in [-0.05, 0) is 127 Å². The highest BCUT2D eigenvalue weighted by atomic mass is 32.2. The minimum Gasteiger partial charge on any atom is -0.445 e. The highest BCUT2D eigenvalue weighted by Crippen LogP contribution is 2.44. The number of ether oxygens (including phenoxy) is 4. The molecule has 2 aromatic rings. The fraction of sp³-hybridized carbons (Fsp3) is 0.629. The Hall–Kier alpha value is -5.51. The highest BCUT2D eigenvalue weighted by molar-refractivity contribution is 7.99. The number of hydrogen-bond acceptors (Lipinski definition) is 12. The van der Waals surface area contributed by atoms with E-state index in [-0.39, 0.29) is 108 Å². The van der Waals surface area contributed by atoms with Gasteiger partial charge in [0.05, 0.1) is 29.3 Å². The van der Waals surface area contributed by atoms with Gasteiger partial charge in [-0.3, -0.25) is 24.5 Å². The van der Waals surface area contributed by atoms with Gasteiger partial charge in [0.2, 0.25) is 5.91 Å². The Bertz CT molecular complexity index is 2570. The Morgan fingerprint density at radius 2 is 1.48 bits per heavy atom. The minimum absolute atomic E-state index is 0.0804. The van der Waals surface area contributed by atoms with Crippen LogP contribution in [0, 0.1) is 59.2 Å². The number of Topliss-reactive ketones (excluding diaryl/α,β-unsaturated/α-hetero) is 3. The lowest BCUT2D eigenvalue weighted by Crippen LogP contribution is -2.47. The van der Waals surface area contributed by atoms with Crippen LogP contribution >= 0.6 is 11.8 Å². The van der Waals surface area contributed by atoms with Gasteiger partial charge in [0.15, 0.2) is 5.78 Å². The van der Waals surface area contributed by atoms with Gasteiger partial charge in [-0.1, -0.05) is 156 Å². The molecule has 0 saturated heterocycles. The molecular formula is C70H106N4O10S. The number of carbonyl (C=O) groups excluding carboxylic acids is 6. The predicted molar refractivity (Wildman–Crippen MR) is 346 cm³/mol. The largest absolute Gasteiger partial charge is 0.445 e. The molecule has 15 heteroatoms. The summed E-state index contributed by atoms with van der Waals surface area (Å²) in [5.74, 6) is -1.23. The smallest absolute Gasteiger partial charge is 0.412 e. The molecule has 0 bridgehead atoms. The Morgan fingerprint density at radius 1 is 0.776 bits per heavy atom. The quantitative estimate of drug-likeness (QED) is 0.0440. The fourth-order valence-electron chi connectivity index (χ4n) is 13.1. The fourth-order valence-corrected chi connectivity index (χ4v) is 13.4. The Balaban J connectivity index is 1.49. The predicted octanol–water partition coefficient (Wildman–Crippen LogP) is 15.2. The number of rotatable bonds is 35. The van der Waals surface area contributed by atoms with E-state index in [1.807, 2.05) is 65.1 Å². The van der Waals surface area contributed by atoms with Crippen molar-refractivity contribution in [3.05, 3.63) is 108 Å². The molecule has 3 N–H and O–H groups in total. The summed E-state index contributed by atoms with van der Waals surface area (Å²) in [7, 11) is 4.90. The zero-order chi connectivity index (χ0) is 63.1. The number of amides is 3. The number of nitrogens with zero attached hydrogens (tertiary/aromatic N) is 1. The Kier molecular flexibility index (Phi) is 30.4. The molecule has 1 fully saturated rings. The van der Waals surface area contributed by atoms with Crippen molar-refractivity contribution in [3.63, 3.8) is 0 Å². The normalized spacial score (nSPS) is 20.1. The average Bonchev–Trinajstić information content (AvgIpc) is 4.00. The number of hydrogen-bond donors (Lipinski definition) is 3. The molecule has 2 aromatic carbocycles. The maximum absolute atomic E-state index is 15.0. The Morgan fingerprint density at radius 3 is 2.12 bits per heavy atom. The van der Waals surface area contributed by atoms with Crippen LogP contribution in [-0.4, -0.2) is 105 Å². The number of anilines is 2. The number of nitrogens with one attached hydrogen (secondary N) is 3. The van der Waals surface area contributed by atoms with Gasteiger partial charge in [-0.25, -0.2) is 9.59 Å². The number of thioether (sulfide) groups is 1. The number of benzene rings is 2. The summed E-state index contributed by atoms with van der Waals surface area (Å²) in [5.41, 5.74) is 4.46. The van der Waals surface area contributed by atoms with E-state index < -0.39 is 30.3 Å². The third kappa shape index (κ3) is 21.1. The summed E-state index contributed by atoms with van der Waals surface area (Å²) in [5, 5.41) is 9.03. The second kappa shape index (κ2) is 36.0. The zero-order valence-electron chi connectivity index (χ0n) is 54.1. The molecule has 0 radical (unpaired) electrons. The van der Waals surface area contributed by atoms with Crippen LogP contribution in [0.3, 0.4) is 0 Å². The van der Waals surface area contributed by atoms with E-state index in [1.54, 1.807) is 39.5 Å². The number of carbonyl (C=O) groups is 6. The highest BCUT2D eigenvalue weighted by Gasteiger charge is 2.45. The van der Waals surface area contributed by atoms with Crippen molar-refractivity contribution in [2.24, 2.45) is 59.2 Å². The van der Waals surface area contributed by atoms with Gasteiger partial charge in [0.25, 0.3) is 0 Å². The van der Waals surface area contributed by atoms with Crippen molar-refractivity contribution < 1.29 is 47.7 Å². The van der Waals surface area contributed by atoms with Crippen molar-refractivity contribution in [1.29, 1.82) is 0 Å². The van der Waals surface area contributed by atoms with Crippen LogP contribution in [0.15, 0.2) is 97.3 Å². The lowest BCUT2D eigenvalue weighted by molar-refractivity contribution is -0.135. The maximum Gasteiger partial charge on any atom is 0.412 e. The van der Waals surface area contributed by atoms with E-state index in [0.29, 0.717) is 53.3 Å². The molecule has 0 heterocycles. The van der Waals surface area contributed by atoms with E-state index in [4.69, 9.17) is 25.5 Å². The number of allylic oxidation sites excluding steroid dienone is 2. The van der Waals surface area contributed by atoms with Crippen LogP contribution in [0.4, 0.5) is 21.0 Å². The number of ketones is 3. The first-order chi connectivity index (χ1) is 40.4. The van der Waals surface area contributed by atoms with Gasteiger partial charge < -0.3 is 34.5 Å². The molecule has 14 nitrogen and oxygen atoms in total. The molecule has 0 aliphatic heterocycles. The molecule has 13 atom stereocenters. The van der Waals surface area contributed by atoms with Crippen molar-refractivity contribution in [1.82, 2.24) is 10.2 Å². The molecule has 85 heavy (non-hydrogen) atoms. The van der Waals surface area contributed by atoms with E-state index in [1.165, 1.54) is 22.2 Å². The number of likely N-dealkylation sites (N-methyl/N-ethyl adjacent to an activating group) is 1. The maximum atomic E-state index is 15.0. The van der Waals surface area contributed by atoms with Gasteiger partial charge in [-0.15, -0.1) is 0 Å². The van der Waals surface area contributed by atoms with Gasteiger partial charge >= 0.3 is 12.2 Å². The van der Waals surface area contributed by atoms with E-state index >= 15 is 0 Å². The monoisotopic (exact) mass is 1190 g/mol. The second-order valence-electron chi connectivity index (χ2n) is 25.1. The molecule has 2 aliphatic carbocycles. The third-order valence-corrected chi connectivity index (χ3v) is 18.9. The lowest BCUT2D eigenvalue weighted by atomic mass is 9.67. The molecule has 4 rings (SSSR count). The first kappa shape index (κ1) is 72.0. The number of methoxy groups -OCH3 is 2. The summed E-state index contributed by atoms with van der Waals surface area (Å²) in [6.07, 6.45) is 12.4. The van der Waals surface area contributed by atoms with Crippen molar-refractivity contribution in [2.45, 2.75) is 183 Å². The molecule has 1 saturated carbocycles. The van der Waals surface area contributed by atoms with Crippen LogP contribution in [-0.2, 0) is 44.7 Å². The van der Waals surface area contributed by atoms with Crippen molar-refractivity contribution >= 4 is 58.6 Å². The molecular weight excluding hydrogens is 1090 g/mol. The molecule has 9 unspecified atom stereocenters. The molecule has 3 amide bonds. The SMILES string of the molecule is C=C(CCNC(=O)CSC)Nc1cc(COC(=O)N(C)[C@H](C(=O)C(=C)C(C(=C)C(C)C(C(CC(=O)C2CCCC2C(OC)C(C)C(=O)C[C@H](C)[C@@H](C)c2ccccc2)OC)[C@@H](C)CC)C(C)C)C(C)C)ccc1NC(=O)OC1/C=C/CCCCC1. The molecule has 472 valence electrons. The summed E-state index contributed by atoms with van der Waals surface area (Å²) < 4.78 is 24.2. The van der Waals surface area contributed by atoms with E-state index in [9.17, 15) is 28.8 Å². The Labute approximate surface area is 515 Å². The molecule has 0 aromatic heterocycles. The van der Waals surface area contributed by atoms with Crippen LogP contribution in [0.25, 0.3) is 0 Å².